The van der Waals surface area contributed by atoms with Gasteiger partial charge in [0.05, 0.1) is 6.54 Å². The van der Waals surface area contributed by atoms with Crippen LogP contribution >= 0.6 is 11.8 Å². The average Bonchev–Trinajstić information content (AvgIpc) is 3.01. The summed E-state index contributed by atoms with van der Waals surface area (Å²) in [7, 11) is 0. The van der Waals surface area contributed by atoms with Crippen LogP contribution in [0.15, 0.2) is 72.0 Å². The van der Waals surface area contributed by atoms with Crippen LogP contribution in [0.1, 0.15) is 16.7 Å². The van der Waals surface area contributed by atoms with Crippen LogP contribution < -0.4 is 0 Å². The van der Waals surface area contributed by atoms with Crippen LogP contribution in [-0.2, 0) is 12.3 Å². The zero-order valence-corrected chi connectivity index (χ0v) is 15.2. The third-order valence-electron chi connectivity index (χ3n) is 4.21. The van der Waals surface area contributed by atoms with Crippen LogP contribution in [0.3, 0.4) is 0 Å². The first-order valence-corrected chi connectivity index (χ1v) is 9.42. The lowest BCUT2D eigenvalue weighted by atomic mass is 10.2. The molecule has 0 saturated carbocycles. The lowest BCUT2D eigenvalue weighted by Crippen LogP contribution is -2.02. The van der Waals surface area contributed by atoms with Gasteiger partial charge in [0.2, 0.25) is 0 Å². The van der Waals surface area contributed by atoms with Gasteiger partial charge >= 0.3 is 0 Å². The Hall–Kier alpha value is -2.66. The molecular formula is C21H18FN3S. The molecule has 0 aliphatic rings. The van der Waals surface area contributed by atoms with Crippen molar-refractivity contribution in [2.24, 2.45) is 0 Å². The second-order valence-electron chi connectivity index (χ2n) is 6.23. The molecule has 0 spiro atoms. The summed E-state index contributed by atoms with van der Waals surface area (Å²) in [5.41, 5.74) is 5.26. The van der Waals surface area contributed by atoms with Crippen molar-refractivity contribution in [3.63, 3.8) is 0 Å². The van der Waals surface area contributed by atoms with E-state index in [1.807, 2.05) is 12.1 Å². The number of aryl methyl sites for hydroxylation is 1. The molecule has 0 fully saturated rings. The fraction of sp³-hybridized carbons (Fsp3) is 0.143. The molecule has 3 nitrogen and oxygen atoms in total. The molecule has 0 atom stereocenters. The number of hydrogen-bond acceptors (Lipinski definition) is 3. The number of imidazole rings is 1. The Morgan fingerprint density at radius 1 is 0.962 bits per heavy atom. The molecule has 5 heteroatoms. The SMILES string of the molecule is Cc1ccc(CSc2nc3cccnc3n2Cc2ccc(F)cc2)cc1. The van der Waals surface area contributed by atoms with Gasteiger partial charge in [0.1, 0.15) is 11.3 Å². The predicted octanol–water partition coefficient (Wildman–Crippen LogP) is 5.22. The highest BCUT2D eigenvalue weighted by atomic mass is 32.2. The number of halogens is 1. The summed E-state index contributed by atoms with van der Waals surface area (Å²) >= 11 is 1.69. The van der Waals surface area contributed by atoms with E-state index in [0.717, 1.165) is 27.6 Å². The predicted molar refractivity (Wildman–Crippen MR) is 104 cm³/mol. The van der Waals surface area contributed by atoms with E-state index in [0.29, 0.717) is 6.54 Å². The zero-order chi connectivity index (χ0) is 17.9. The molecule has 2 aromatic heterocycles. The molecule has 26 heavy (non-hydrogen) atoms. The monoisotopic (exact) mass is 363 g/mol. The molecule has 0 saturated heterocycles. The first kappa shape index (κ1) is 16.8. The number of hydrogen-bond donors (Lipinski definition) is 0. The van der Waals surface area contributed by atoms with E-state index in [-0.39, 0.29) is 5.82 Å². The molecule has 0 amide bonds. The van der Waals surface area contributed by atoms with Gasteiger partial charge < -0.3 is 0 Å². The molecule has 4 rings (SSSR count). The van der Waals surface area contributed by atoms with Crippen LogP contribution in [-0.4, -0.2) is 14.5 Å². The van der Waals surface area contributed by atoms with E-state index < -0.39 is 0 Å². The number of nitrogens with zero attached hydrogens (tertiary/aromatic N) is 3. The maximum absolute atomic E-state index is 13.2. The van der Waals surface area contributed by atoms with E-state index in [1.165, 1.54) is 23.3 Å². The molecule has 0 N–H and O–H groups in total. The third-order valence-corrected chi connectivity index (χ3v) is 5.26. The zero-order valence-electron chi connectivity index (χ0n) is 14.4. The fourth-order valence-electron chi connectivity index (χ4n) is 2.79. The van der Waals surface area contributed by atoms with Crippen molar-refractivity contribution in [2.45, 2.75) is 24.4 Å². The highest BCUT2D eigenvalue weighted by molar-refractivity contribution is 7.98. The van der Waals surface area contributed by atoms with Crippen molar-refractivity contribution < 1.29 is 4.39 Å². The van der Waals surface area contributed by atoms with Crippen molar-refractivity contribution in [1.82, 2.24) is 14.5 Å². The normalized spacial score (nSPS) is 11.2. The summed E-state index contributed by atoms with van der Waals surface area (Å²) in [6.07, 6.45) is 1.78. The van der Waals surface area contributed by atoms with Gasteiger partial charge in [-0.25, -0.2) is 14.4 Å². The van der Waals surface area contributed by atoms with Gasteiger partial charge in [-0.15, -0.1) is 0 Å². The molecule has 2 aromatic carbocycles. The van der Waals surface area contributed by atoms with Gasteiger partial charge in [0.25, 0.3) is 0 Å². The minimum Gasteiger partial charge on any atom is -0.299 e. The van der Waals surface area contributed by atoms with Crippen molar-refractivity contribution in [1.29, 1.82) is 0 Å². The summed E-state index contributed by atoms with van der Waals surface area (Å²) in [6.45, 7) is 2.70. The Morgan fingerprint density at radius 3 is 2.46 bits per heavy atom. The van der Waals surface area contributed by atoms with Crippen LogP contribution in [0.4, 0.5) is 4.39 Å². The quantitative estimate of drug-likeness (QED) is 0.456. The Bertz CT molecular complexity index is 1020. The van der Waals surface area contributed by atoms with Gasteiger partial charge in [-0.3, -0.25) is 4.57 Å². The Kier molecular flexibility index (Phi) is 4.71. The van der Waals surface area contributed by atoms with E-state index in [2.05, 4.69) is 40.7 Å². The Balaban J connectivity index is 1.64. The van der Waals surface area contributed by atoms with Gasteiger partial charge in [0.15, 0.2) is 10.8 Å². The molecule has 4 aromatic rings. The lowest BCUT2D eigenvalue weighted by molar-refractivity contribution is 0.625. The topological polar surface area (TPSA) is 30.7 Å². The molecule has 0 unspecified atom stereocenters. The maximum Gasteiger partial charge on any atom is 0.170 e. The highest BCUT2D eigenvalue weighted by Gasteiger charge is 2.13. The fourth-order valence-corrected chi connectivity index (χ4v) is 3.75. The number of benzene rings is 2. The molecule has 0 radical (unpaired) electrons. The van der Waals surface area contributed by atoms with E-state index in [1.54, 1.807) is 30.1 Å². The highest BCUT2D eigenvalue weighted by Crippen LogP contribution is 2.27. The van der Waals surface area contributed by atoms with E-state index in [9.17, 15) is 4.39 Å². The van der Waals surface area contributed by atoms with Crippen LogP contribution in [0.2, 0.25) is 0 Å². The Morgan fingerprint density at radius 2 is 1.69 bits per heavy atom. The van der Waals surface area contributed by atoms with Crippen LogP contribution in [0.25, 0.3) is 11.2 Å². The van der Waals surface area contributed by atoms with Crippen molar-refractivity contribution in [2.75, 3.05) is 0 Å². The molecule has 0 aliphatic heterocycles. The van der Waals surface area contributed by atoms with Gasteiger partial charge in [-0.2, -0.15) is 0 Å². The average molecular weight is 363 g/mol. The smallest absolute Gasteiger partial charge is 0.170 e. The lowest BCUT2D eigenvalue weighted by Gasteiger charge is -2.09. The Labute approximate surface area is 155 Å². The number of pyridine rings is 1. The molecule has 130 valence electrons. The van der Waals surface area contributed by atoms with Crippen molar-refractivity contribution >= 4 is 22.9 Å². The standard InChI is InChI=1S/C21H18FN3S/c1-15-4-6-17(7-5-15)14-26-21-24-19-3-2-12-23-20(19)25(21)13-16-8-10-18(22)11-9-16/h2-12H,13-14H2,1H3. The summed E-state index contributed by atoms with van der Waals surface area (Å²) in [4.78, 5) is 9.24. The summed E-state index contributed by atoms with van der Waals surface area (Å²) in [6, 6.07) is 19.0. The van der Waals surface area contributed by atoms with Crippen LogP contribution in [0, 0.1) is 12.7 Å². The van der Waals surface area contributed by atoms with Gasteiger partial charge in [-0.05, 0) is 42.3 Å². The van der Waals surface area contributed by atoms with E-state index in [4.69, 9.17) is 4.98 Å². The molecular weight excluding hydrogens is 345 g/mol. The first-order chi connectivity index (χ1) is 12.7. The maximum atomic E-state index is 13.2. The second kappa shape index (κ2) is 7.30. The van der Waals surface area contributed by atoms with Crippen molar-refractivity contribution in [3.05, 3.63) is 89.4 Å². The minimum absolute atomic E-state index is 0.226. The van der Waals surface area contributed by atoms with E-state index >= 15 is 0 Å². The number of rotatable bonds is 5. The van der Waals surface area contributed by atoms with Crippen molar-refractivity contribution in [3.8, 4) is 0 Å². The summed E-state index contributed by atoms with van der Waals surface area (Å²) < 4.78 is 15.3. The third kappa shape index (κ3) is 3.63. The first-order valence-electron chi connectivity index (χ1n) is 8.43. The van der Waals surface area contributed by atoms with Gasteiger partial charge in [0, 0.05) is 11.9 Å². The number of aromatic nitrogens is 3. The second-order valence-corrected chi connectivity index (χ2v) is 7.17. The molecule has 2 heterocycles. The minimum atomic E-state index is -0.226. The number of thioether (sulfide) groups is 1. The summed E-state index contributed by atoms with van der Waals surface area (Å²) in [5, 5.41) is 0.920. The summed E-state index contributed by atoms with van der Waals surface area (Å²) in [5.74, 6) is 0.615. The largest absolute Gasteiger partial charge is 0.299 e. The van der Waals surface area contributed by atoms with Gasteiger partial charge in [-0.1, -0.05) is 53.7 Å². The number of fused-ring (bicyclic) bond motifs is 1. The molecule has 0 bridgehead atoms. The molecule has 0 aliphatic carbocycles. The van der Waals surface area contributed by atoms with Crippen LogP contribution in [0.5, 0.6) is 0 Å².